The predicted octanol–water partition coefficient (Wildman–Crippen LogP) is 4.09. The molecule has 0 fully saturated rings. The van der Waals surface area contributed by atoms with Crippen LogP contribution in [0.1, 0.15) is 19.4 Å². The number of nitrogens with zero attached hydrogens (tertiary/aromatic N) is 1. The first-order valence-electron chi connectivity index (χ1n) is 6.88. The van der Waals surface area contributed by atoms with E-state index in [1.807, 2.05) is 30.1 Å². The lowest BCUT2D eigenvalue weighted by molar-refractivity contribution is 0.589. The minimum absolute atomic E-state index is 0.216. The molecule has 0 heterocycles. The van der Waals surface area contributed by atoms with Gasteiger partial charge >= 0.3 is 0 Å². The molecule has 2 aromatic rings. The Hall–Kier alpha value is -1.87. The molecule has 0 aliphatic carbocycles. The molecular weight excluding hydrogens is 251 g/mol. The highest BCUT2D eigenvalue weighted by Crippen LogP contribution is 2.27. The Balaban J connectivity index is 2.27. The van der Waals surface area contributed by atoms with Gasteiger partial charge in [0.1, 0.15) is 5.82 Å². The van der Waals surface area contributed by atoms with Crippen molar-refractivity contribution in [3.05, 3.63) is 59.9 Å². The zero-order chi connectivity index (χ0) is 14.5. The Morgan fingerprint density at radius 2 is 1.85 bits per heavy atom. The van der Waals surface area contributed by atoms with Crippen molar-refractivity contribution in [3.8, 4) is 0 Å². The fraction of sp³-hybridized carbons (Fsp3) is 0.294. The first-order valence-corrected chi connectivity index (χ1v) is 6.88. The van der Waals surface area contributed by atoms with Crippen LogP contribution in [0, 0.1) is 5.82 Å². The second kappa shape index (κ2) is 6.53. The summed E-state index contributed by atoms with van der Waals surface area (Å²) in [5.41, 5.74) is 3.14. The van der Waals surface area contributed by atoms with Crippen LogP contribution < -0.4 is 10.2 Å². The summed E-state index contributed by atoms with van der Waals surface area (Å²) in [5, 5.41) is 3.42. The van der Waals surface area contributed by atoms with Gasteiger partial charge in [-0.25, -0.2) is 4.39 Å². The van der Waals surface area contributed by atoms with Gasteiger partial charge in [-0.2, -0.15) is 0 Å². The van der Waals surface area contributed by atoms with Gasteiger partial charge in [0.05, 0.1) is 0 Å². The minimum Gasteiger partial charge on any atom is -0.344 e. The summed E-state index contributed by atoms with van der Waals surface area (Å²) < 4.78 is 13.4. The largest absolute Gasteiger partial charge is 0.344 e. The van der Waals surface area contributed by atoms with Crippen LogP contribution in [0.15, 0.2) is 48.5 Å². The molecule has 2 aromatic carbocycles. The van der Waals surface area contributed by atoms with E-state index in [0.717, 1.165) is 17.9 Å². The molecule has 0 saturated heterocycles. The second-order valence-electron chi connectivity index (χ2n) is 5.20. The number of nitrogens with one attached hydrogen (secondary N) is 1. The summed E-state index contributed by atoms with van der Waals surface area (Å²) in [4.78, 5) is 2.01. The lowest BCUT2D eigenvalue weighted by Gasteiger charge is -2.23. The van der Waals surface area contributed by atoms with Gasteiger partial charge in [-0.3, -0.25) is 0 Å². The van der Waals surface area contributed by atoms with Gasteiger partial charge in [-0.15, -0.1) is 0 Å². The van der Waals surface area contributed by atoms with Crippen molar-refractivity contribution in [1.29, 1.82) is 0 Å². The van der Waals surface area contributed by atoms with Crippen LogP contribution in [-0.4, -0.2) is 13.1 Å². The molecule has 0 unspecified atom stereocenters. The number of halogens is 1. The molecule has 0 amide bonds. The monoisotopic (exact) mass is 272 g/mol. The van der Waals surface area contributed by atoms with Gasteiger partial charge in [0.2, 0.25) is 0 Å². The molecule has 2 nitrogen and oxygen atoms in total. The number of hydrogen-bond acceptors (Lipinski definition) is 2. The Kier molecular flexibility index (Phi) is 4.74. The first kappa shape index (κ1) is 14.5. The summed E-state index contributed by atoms with van der Waals surface area (Å²) >= 11 is 0. The predicted molar refractivity (Wildman–Crippen MR) is 82.9 cm³/mol. The van der Waals surface area contributed by atoms with E-state index in [9.17, 15) is 4.39 Å². The van der Waals surface area contributed by atoms with Crippen LogP contribution >= 0.6 is 0 Å². The summed E-state index contributed by atoms with van der Waals surface area (Å²) in [6, 6.07) is 15.3. The Morgan fingerprint density at radius 1 is 1.10 bits per heavy atom. The Labute approximate surface area is 120 Å². The first-order chi connectivity index (χ1) is 9.58. The van der Waals surface area contributed by atoms with Gasteiger partial charge in [0, 0.05) is 31.0 Å². The molecule has 3 heteroatoms. The van der Waals surface area contributed by atoms with Crippen molar-refractivity contribution in [1.82, 2.24) is 5.32 Å². The highest BCUT2D eigenvalue weighted by atomic mass is 19.1. The average Bonchev–Trinajstić information content (AvgIpc) is 2.44. The maximum Gasteiger partial charge on any atom is 0.125 e. The molecule has 0 bridgehead atoms. The third-order valence-electron chi connectivity index (χ3n) is 3.25. The number of rotatable bonds is 5. The van der Waals surface area contributed by atoms with Gasteiger partial charge in [0.25, 0.3) is 0 Å². The summed E-state index contributed by atoms with van der Waals surface area (Å²) in [6.07, 6.45) is 0. The molecule has 20 heavy (non-hydrogen) atoms. The SMILES string of the molecule is CC(C)NCc1ccccc1N(C)c1cccc(F)c1. The highest BCUT2D eigenvalue weighted by molar-refractivity contribution is 5.65. The smallest absolute Gasteiger partial charge is 0.125 e. The zero-order valence-electron chi connectivity index (χ0n) is 12.2. The number of benzene rings is 2. The molecule has 0 aromatic heterocycles. The Bertz CT molecular complexity index is 566. The zero-order valence-corrected chi connectivity index (χ0v) is 12.2. The van der Waals surface area contributed by atoms with Gasteiger partial charge in [-0.1, -0.05) is 38.1 Å². The van der Waals surface area contributed by atoms with Crippen molar-refractivity contribution in [2.24, 2.45) is 0 Å². The molecule has 0 aliphatic rings. The van der Waals surface area contributed by atoms with Crippen LogP contribution in [-0.2, 0) is 6.54 Å². The van der Waals surface area contributed by atoms with E-state index in [1.165, 1.54) is 11.6 Å². The molecule has 106 valence electrons. The van der Waals surface area contributed by atoms with Crippen molar-refractivity contribution in [3.63, 3.8) is 0 Å². The maximum atomic E-state index is 13.4. The average molecular weight is 272 g/mol. The topological polar surface area (TPSA) is 15.3 Å². The summed E-state index contributed by atoms with van der Waals surface area (Å²) in [7, 11) is 1.96. The van der Waals surface area contributed by atoms with E-state index < -0.39 is 0 Å². The van der Waals surface area contributed by atoms with Gasteiger partial charge in [-0.05, 0) is 29.8 Å². The lowest BCUT2D eigenvalue weighted by atomic mass is 10.1. The van der Waals surface area contributed by atoms with Crippen LogP contribution in [0.4, 0.5) is 15.8 Å². The standard InChI is InChI=1S/C17H21FN2/c1-13(2)19-12-14-7-4-5-10-17(14)20(3)16-9-6-8-15(18)11-16/h4-11,13,19H,12H2,1-3H3. The molecule has 0 saturated carbocycles. The fourth-order valence-electron chi connectivity index (χ4n) is 2.13. The highest BCUT2D eigenvalue weighted by Gasteiger charge is 2.09. The summed E-state index contributed by atoms with van der Waals surface area (Å²) in [6.45, 7) is 5.05. The maximum absolute atomic E-state index is 13.4. The van der Waals surface area contributed by atoms with Crippen LogP contribution in [0.3, 0.4) is 0 Å². The van der Waals surface area contributed by atoms with Gasteiger partial charge < -0.3 is 10.2 Å². The quantitative estimate of drug-likeness (QED) is 0.882. The van der Waals surface area contributed by atoms with Crippen LogP contribution in [0.25, 0.3) is 0 Å². The van der Waals surface area contributed by atoms with Crippen molar-refractivity contribution >= 4 is 11.4 Å². The van der Waals surface area contributed by atoms with E-state index in [1.54, 1.807) is 12.1 Å². The Morgan fingerprint density at radius 3 is 2.55 bits per heavy atom. The minimum atomic E-state index is -0.216. The lowest BCUT2D eigenvalue weighted by Crippen LogP contribution is -2.23. The van der Waals surface area contributed by atoms with Crippen molar-refractivity contribution in [2.45, 2.75) is 26.4 Å². The molecule has 0 spiro atoms. The molecule has 2 rings (SSSR count). The van der Waals surface area contributed by atoms with Gasteiger partial charge in [0.15, 0.2) is 0 Å². The van der Waals surface area contributed by atoms with E-state index in [0.29, 0.717) is 6.04 Å². The number of hydrogen-bond donors (Lipinski definition) is 1. The molecular formula is C17H21FN2. The molecule has 0 aliphatic heterocycles. The normalized spacial score (nSPS) is 10.8. The van der Waals surface area contributed by atoms with E-state index in [2.05, 4.69) is 31.3 Å². The van der Waals surface area contributed by atoms with Crippen molar-refractivity contribution < 1.29 is 4.39 Å². The number of para-hydroxylation sites is 1. The third-order valence-corrected chi connectivity index (χ3v) is 3.25. The molecule has 0 radical (unpaired) electrons. The molecule has 1 N–H and O–H groups in total. The fourth-order valence-corrected chi connectivity index (χ4v) is 2.13. The second-order valence-corrected chi connectivity index (χ2v) is 5.20. The van der Waals surface area contributed by atoms with Crippen molar-refractivity contribution in [2.75, 3.05) is 11.9 Å². The van der Waals surface area contributed by atoms with E-state index >= 15 is 0 Å². The van der Waals surface area contributed by atoms with Crippen LogP contribution in [0.2, 0.25) is 0 Å². The molecule has 0 atom stereocenters. The number of anilines is 2. The third kappa shape index (κ3) is 3.58. The van der Waals surface area contributed by atoms with E-state index in [-0.39, 0.29) is 5.82 Å². The van der Waals surface area contributed by atoms with E-state index in [4.69, 9.17) is 0 Å². The summed E-state index contributed by atoms with van der Waals surface area (Å²) in [5.74, 6) is -0.216. The van der Waals surface area contributed by atoms with Crippen LogP contribution in [0.5, 0.6) is 0 Å².